The molecule has 0 atom stereocenters. The number of rotatable bonds is 4. The van der Waals surface area contributed by atoms with Crippen LogP contribution in [0.2, 0.25) is 0 Å². The predicted molar refractivity (Wildman–Crippen MR) is 115 cm³/mol. The van der Waals surface area contributed by atoms with E-state index in [0.717, 1.165) is 33.6 Å². The largest absolute Gasteiger partial charge is 0.339 e. The van der Waals surface area contributed by atoms with E-state index in [9.17, 15) is 4.79 Å². The fourth-order valence-electron chi connectivity index (χ4n) is 3.29. The normalized spacial score (nSPS) is 11.0. The first-order valence-electron chi connectivity index (χ1n) is 9.69. The summed E-state index contributed by atoms with van der Waals surface area (Å²) in [6.45, 7) is 9.60. The van der Waals surface area contributed by atoms with Crippen molar-refractivity contribution in [2.45, 2.75) is 34.6 Å². The Balaban J connectivity index is 1.67. The number of anilines is 1. The number of nitrogens with one attached hydrogen (secondary N) is 1. The highest BCUT2D eigenvalue weighted by Crippen LogP contribution is 2.24. The predicted octanol–water partition coefficient (Wildman–Crippen LogP) is 4.72. The van der Waals surface area contributed by atoms with Crippen molar-refractivity contribution >= 4 is 11.6 Å². The number of nitrogens with zero attached hydrogens (tertiary/aromatic N) is 4. The smallest absolute Gasteiger partial charge is 0.259 e. The van der Waals surface area contributed by atoms with Gasteiger partial charge in [0, 0.05) is 24.4 Å². The molecule has 4 aromatic rings. The van der Waals surface area contributed by atoms with Gasteiger partial charge in [0.05, 0.1) is 16.9 Å². The monoisotopic (exact) mass is 401 g/mol. The van der Waals surface area contributed by atoms with E-state index < -0.39 is 0 Å². The van der Waals surface area contributed by atoms with Crippen LogP contribution in [0.1, 0.15) is 38.6 Å². The Labute approximate surface area is 174 Å². The third kappa shape index (κ3) is 3.61. The van der Waals surface area contributed by atoms with Gasteiger partial charge in [0.15, 0.2) is 0 Å². The fraction of sp³-hybridized carbons (Fsp3) is 0.217. The Hall–Kier alpha value is -3.74. The number of aryl methyl sites for hydroxylation is 4. The highest BCUT2D eigenvalue weighted by Gasteiger charge is 2.17. The van der Waals surface area contributed by atoms with Crippen molar-refractivity contribution in [1.82, 2.24) is 19.9 Å². The molecule has 7 nitrogen and oxygen atoms in total. The Bertz CT molecular complexity index is 1250. The molecule has 0 aliphatic heterocycles. The average Bonchev–Trinajstić information content (AvgIpc) is 3.31. The Morgan fingerprint density at radius 3 is 2.57 bits per heavy atom. The molecule has 4 rings (SSSR count). The number of amides is 1. The van der Waals surface area contributed by atoms with Gasteiger partial charge in [0.25, 0.3) is 5.91 Å². The molecule has 2 aromatic carbocycles. The standard InChI is InChI=1S/C23H23N5O2/c1-13-7-6-8-20(15(13)3)25-23(29)19-12-28(26-16(19)4)21-11-18(10-9-14(21)2)22-24-17(5)30-27-22/h6-12H,1-5H3,(H,25,29). The number of benzene rings is 2. The minimum absolute atomic E-state index is 0.185. The van der Waals surface area contributed by atoms with Crippen LogP contribution in [0.25, 0.3) is 17.1 Å². The summed E-state index contributed by atoms with van der Waals surface area (Å²) in [5, 5.41) is 11.6. The van der Waals surface area contributed by atoms with E-state index in [4.69, 9.17) is 4.52 Å². The molecule has 2 aromatic heterocycles. The lowest BCUT2D eigenvalue weighted by Gasteiger charge is -2.10. The third-order valence-electron chi connectivity index (χ3n) is 5.24. The summed E-state index contributed by atoms with van der Waals surface area (Å²) in [6.07, 6.45) is 1.75. The second-order valence-electron chi connectivity index (χ2n) is 7.41. The Kier molecular flexibility index (Phi) is 4.95. The van der Waals surface area contributed by atoms with Crippen molar-refractivity contribution in [3.63, 3.8) is 0 Å². The van der Waals surface area contributed by atoms with Gasteiger partial charge in [-0.1, -0.05) is 29.4 Å². The molecule has 0 saturated heterocycles. The molecule has 0 saturated carbocycles. The van der Waals surface area contributed by atoms with Gasteiger partial charge in [-0.2, -0.15) is 10.1 Å². The molecule has 0 radical (unpaired) electrons. The number of aromatic nitrogens is 4. The number of carbonyl (C=O) groups excluding carboxylic acids is 1. The minimum Gasteiger partial charge on any atom is -0.339 e. The van der Waals surface area contributed by atoms with E-state index in [-0.39, 0.29) is 5.91 Å². The zero-order valence-corrected chi connectivity index (χ0v) is 17.6. The van der Waals surface area contributed by atoms with Gasteiger partial charge in [-0.25, -0.2) is 4.68 Å². The topological polar surface area (TPSA) is 85.8 Å². The minimum atomic E-state index is -0.185. The van der Waals surface area contributed by atoms with Crippen LogP contribution in [0.5, 0.6) is 0 Å². The lowest BCUT2D eigenvalue weighted by molar-refractivity contribution is 0.102. The molecule has 0 fully saturated rings. The molecule has 0 aliphatic rings. The van der Waals surface area contributed by atoms with E-state index in [2.05, 4.69) is 20.6 Å². The molecule has 0 aliphatic carbocycles. The maximum absolute atomic E-state index is 12.9. The van der Waals surface area contributed by atoms with E-state index in [1.165, 1.54) is 0 Å². The van der Waals surface area contributed by atoms with E-state index >= 15 is 0 Å². The summed E-state index contributed by atoms with van der Waals surface area (Å²) in [7, 11) is 0. The molecule has 0 bridgehead atoms. The van der Waals surface area contributed by atoms with Crippen molar-refractivity contribution in [2.75, 3.05) is 5.32 Å². The van der Waals surface area contributed by atoms with Gasteiger partial charge in [-0.15, -0.1) is 0 Å². The zero-order chi connectivity index (χ0) is 21.4. The molecule has 152 valence electrons. The molecular weight excluding hydrogens is 378 g/mol. The Morgan fingerprint density at radius 1 is 1.03 bits per heavy atom. The van der Waals surface area contributed by atoms with Crippen LogP contribution in [-0.4, -0.2) is 25.8 Å². The van der Waals surface area contributed by atoms with Crippen molar-refractivity contribution in [2.24, 2.45) is 0 Å². The maximum atomic E-state index is 12.9. The zero-order valence-electron chi connectivity index (χ0n) is 17.6. The van der Waals surface area contributed by atoms with Crippen LogP contribution in [-0.2, 0) is 0 Å². The molecule has 1 N–H and O–H groups in total. The summed E-state index contributed by atoms with van der Waals surface area (Å²) < 4.78 is 6.81. The van der Waals surface area contributed by atoms with E-state index in [1.807, 2.05) is 64.1 Å². The van der Waals surface area contributed by atoms with Crippen LogP contribution < -0.4 is 5.32 Å². The summed E-state index contributed by atoms with van der Waals surface area (Å²) >= 11 is 0. The van der Waals surface area contributed by atoms with E-state index in [1.54, 1.807) is 17.8 Å². The van der Waals surface area contributed by atoms with Gasteiger partial charge in [-0.05, 0) is 56.5 Å². The number of hydrogen-bond donors (Lipinski definition) is 1. The number of carbonyl (C=O) groups is 1. The van der Waals surface area contributed by atoms with Crippen LogP contribution in [0.4, 0.5) is 5.69 Å². The van der Waals surface area contributed by atoms with Crippen molar-refractivity contribution < 1.29 is 9.32 Å². The van der Waals surface area contributed by atoms with Crippen molar-refractivity contribution in [3.8, 4) is 17.1 Å². The first-order valence-corrected chi connectivity index (χ1v) is 9.69. The van der Waals surface area contributed by atoms with Crippen LogP contribution in [0.15, 0.2) is 47.1 Å². The van der Waals surface area contributed by atoms with Crippen molar-refractivity contribution in [1.29, 1.82) is 0 Å². The first kappa shape index (κ1) is 19.6. The van der Waals surface area contributed by atoms with Gasteiger partial charge < -0.3 is 9.84 Å². The molecular formula is C23H23N5O2. The molecule has 0 spiro atoms. The number of hydrogen-bond acceptors (Lipinski definition) is 5. The summed E-state index contributed by atoms with van der Waals surface area (Å²) in [4.78, 5) is 17.2. The molecule has 2 heterocycles. The molecule has 30 heavy (non-hydrogen) atoms. The molecule has 1 amide bonds. The van der Waals surface area contributed by atoms with Gasteiger partial charge in [-0.3, -0.25) is 4.79 Å². The van der Waals surface area contributed by atoms with E-state index in [0.29, 0.717) is 23.0 Å². The second kappa shape index (κ2) is 7.59. The second-order valence-corrected chi connectivity index (χ2v) is 7.41. The summed E-state index contributed by atoms with van der Waals surface area (Å²) in [6, 6.07) is 11.7. The first-order chi connectivity index (χ1) is 14.3. The van der Waals surface area contributed by atoms with Crippen molar-refractivity contribution in [3.05, 3.63) is 76.4 Å². The highest BCUT2D eigenvalue weighted by atomic mass is 16.5. The fourth-order valence-corrected chi connectivity index (χ4v) is 3.29. The SMILES string of the molecule is Cc1nc(-c2ccc(C)c(-n3cc(C(=O)Nc4cccc(C)c4C)c(C)n3)c2)no1. The lowest BCUT2D eigenvalue weighted by atomic mass is 10.1. The van der Waals surface area contributed by atoms with Gasteiger partial charge in [0.2, 0.25) is 11.7 Å². The quantitative estimate of drug-likeness (QED) is 0.535. The van der Waals surface area contributed by atoms with Gasteiger partial charge >= 0.3 is 0 Å². The third-order valence-corrected chi connectivity index (χ3v) is 5.24. The van der Waals surface area contributed by atoms with Gasteiger partial charge in [0.1, 0.15) is 0 Å². The maximum Gasteiger partial charge on any atom is 0.259 e. The summed E-state index contributed by atoms with van der Waals surface area (Å²) in [5.41, 5.74) is 6.85. The molecule has 7 heteroatoms. The molecule has 0 unspecified atom stereocenters. The van der Waals surface area contributed by atoms with Crippen LogP contribution in [0, 0.1) is 34.6 Å². The average molecular weight is 401 g/mol. The summed E-state index contributed by atoms with van der Waals surface area (Å²) in [5.74, 6) is 0.841. The highest BCUT2D eigenvalue weighted by molar-refractivity contribution is 6.05. The lowest BCUT2D eigenvalue weighted by Crippen LogP contribution is -2.13. The van der Waals surface area contributed by atoms with Crippen LogP contribution in [0.3, 0.4) is 0 Å². The van der Waals surface area contributed by atoms with Crippen LogP contribution >= 0.6 is 0 Å². The Morgan fingerprint density at radius 2 is 1.83 bits per heavy atom.